The number of benzene rings is 1. The molecule has 4 nitrogen and oxygen atoms in total. The first-order valence-corrected chi connectivity index (χ1v) is 6.44. The van der Waals surface area contributed by atoms with E-state index in [-0.39, 0.29) is 0 Å². The van der Waals surface area contributed by atoms with E-state index in [1.54, 1.807) is 14.2 Å². The van der Waals surface area contributed by atoms with E-state index in [4.69, 9.17) is 9.47 Å². The summed E-state index contributed by atoms with van der Waals surface area (Å²) >= 11 is 0. The van der Waals surface area contributed by atoms with Gasteiger partial charge in [-0.05, 0) is 38.3 Å². The average Bonchev–Trinajstić information content (AvgIpc) is 2.31. The maximum Gasteiger partial charge on any atom is 0.314 e. The Morgan fingerprint density at radius 3 is 2.26 bits per heavy atom. The number of aliphatic carboxylic acids is 1. The van der Waals surface area contributed by atoms with Crippen molar-refractivity contribution in [3.05, 3.63) is 22.8 Å². The van der Waals surface area contributed by atoms with Gasteiger partial charge in [-0.25, -0.2) is 0 Å². The predicted molar refractivity (Wildman–Crippen MR) is 72.2 cm³/mol. The van der Waals surface area contributed by atoms with Gasteiger partial charge < -0.3 is 14.6 Å². The second-order valence-corrected chi connectivity index (χ2v) is 5.17. The molecule has 0 amide bonds. The third-order valence-electron chi connectivity index (χ3n) is 4.20. The summed E-state index contributed by atoms with van der Waals surface area (Å²) in [6, 6.07) is 1.90. The van der Waals surface area contributed by atoms with Gasteiger partial charge in [-0.2, -0.15) is 0 Å². The van der Waals surface area contributed by atoms with E-state index in [1.165, 1.54) is 0 Å². The van der Waals surface area contributed by atoms with E-state index >= 15 is 0 Å². The minimum Gasteiger partial charge on any atom is -0.496 e. The van der Waals surface area contributed by atoms with Crippen LogP contribution in [-0.2, 0) is 10.2 Å². The summed E-state index contributed by atoms with van der Waals surface area (Å²) in [5, 5.41) is 9.61. The molecule has 0 spiro atoms. The number of ether oxygens (including phenoxy) is 2. The molecule has 0 bridgehead atoms. The van der Waals surface area contributed by atoms with Crippen molar-refractivity contribution in [2.75, 3.05) is 14.2 Å². The molecule has 1 N–H and O–H groups in total. The lowest BCUT2D eigenvalue weighted by Crippen LogP contribution is -2.43. The lowest BCUT2D eigenvalue weighted by atomic mass is 9.63. The van der Waals surface area contributed by atoms with E-state index in [9.17, 15) is 9.90 Å². The topological polar surface area (TPSA) is 55.8 Å². The lowest BCUT2D eigenvalue weighted by molar-refractivity contribution is -0.147. The van der Waals surface area contributed by atoms with Gasteiger partial charge in [0, 0.05) is 11.1 Å². The Labute approximate surface area is 113 Å². The molecule has 0 radical (unpaired) electrons. The molecular formula is C15H20O4. The fraction of sp³-hybridized carbons (Fsp3) is 0.533. The van der Waals surface area contributed by atoms with Crippen LogP contribution in [-0.4, -0.2) is 25.3 Å². The first kappa shape index (κ1) is 13.7. The molecular weight excluding hydrogens is 244 g/mol. The minimum atomic E-state index is -0.785. The molecule has 19 heavy (non-hydrogen) atoms. The molecule has 0 heterocycles. The first-order valence-electron chi connectivity index (χ1n) is 6.44. The smallest absolute Gasteiger partial charge is 0.314 e. The number of carbonyl (C=O) groups is 1. The van der Waals surface area contributed by atoms with Crippen LogP contribution >= 0.6 is 0 Å². The predicted octanol–water partition coefficient (Wildman–Crippen LogP) is 2.83. The molecule has 1 aromatic rings. The SMILES string of the molecule is COc1cc(C)c(C2(C(=O)O)CCC2)c(OC)c1C. The van der Waals surface area contributed by atoms with E-state index < -0.39 is 11.4 Å². The molecule has 1 saturated carbocycles. The molecule has 0 saturated heterocycles. The Balaban J connectivity index is 2.69. The van der Waals surface area contributed by atoms with Gasteiger partial charge in [0.05, 0.1) is 19.6 Å². The van der Waals surface area contributed by atoms with E-state index in [0.29, 0.717) is 18.6 Å². The van der Waals surface area contributed by atoms with E-state index in [2.05, 4.69) is 0 Å². The molecule has 2 rings (SSSR count). The van der Waals surface area contributed by atoms with Crippen LogP contribution in [0.15, 0.2) is 6.07 Å². The summed E-state index contributed by atoms with van der Waals surface area (Å²) in [6.07, 6.45) is 2.29. The highest BCUT2D eigenvalue weighted by Crippen LogP contribution is 2.51. The number of hydrogen-bond donors (Lipinski definition) is 1. The number of aryl methyl sites for hydroxylation is 1. The Bertz CT molecular complexity index is 515. The fourth-order valence-corrected chi connectivity index (χ4v) is 3.02. The third-order valence-corrected chi connectivity index (χ3v) is 4.20. The Kier molecular flexibility index (Phi) is 3.43. The zero-order valence-electron chi connectivity index (χ0n) is 11.9. The van der Waals surface area contributed by atoms with Gasteiger partial charge in [-0.3, -0.25) is 4.79 Å². The normalized spacial score (nSPS) is 16.6. The van der Waals surface area contributed by atoms with Crippen molar-refractivity contribution in [3.8, 4) is 11.5 Å². The Morgan fingerprint density at radius 2 is 1.89 bits per heavy atom. The van der Waals surface area contributed by atoms with Crippen LogP contribution in [0.3, 0.4) is 0 Å². The summed E-state index contributed by atoms with van der Waals surface area (Å²) in [7, 11) is 3.19. The molecule has 1 aliphatic rings. The Hall–Kier alpha value is -1.71. The molecule has 1 aromatic carbocycles. The van der Waals surface area contributed by atoms with Crippen LogP contribution in [0.2, 0.25) is 0 Å². The van der Waals surface area contributed by atoms with Gasteiger partial charge in [0.15, 0.2) is 0 Å². The molecule has 0 unspecified atom stereocenters. The largest absolute Gasteiger partial charge is 0.496 e. The van der Waals surface area contributed by atoms with Gasteiger partial charge in [-0.1, -0.05) is 6.42 Å². The third kappa shape index (κ3) is 1.86. The summed E-state index contributed by atoms with van der Waals surface area (Å²) in [5.74, 6) is 0.627. The van der Waals surface area contributed by atoms with Gasteiger partial charge in [0.25, 0.3) is 0 Å². The van der Waals surface area contributed by atoms with Crippen LogP contribution in [0.4, 0.5) is 0 Å². The van der Waals surface area contributed by atoms with Crippen LogP contribution in [0.1, 0.15) is 36.0 Å². The summed E-state index contributed by atoms with van der Waals surface area (Å²) < 4.78 is 10.8. The second kappa shape index (κ2) is 4.76. The zero-order valence-corrected chi connectivity index (χ0v) is 11.9. The summed E-state index contributed by atoms with van der Waals surface area (Å²) in [4.78, 5) is 11.7. The van der Waals surface area contributed by atoms with Crippen molar-refractivity contribution < 1.29 is 19.4 Å². The highest BCUT2D eigenvalue weighted by atomic mass is 16.5. The van der Waals surface area contributed by atoms with Crippen LogP contribution in [0, 0.1) is 13.8 Å². The highest BCUT2D eigenvalue weighted by Gasteiger charge is 2.49. The number of methoxy groups -OCH3 is 2. The number of hydrogen-bond acceptors (Lipinski definition) is 3. The van der Waals surface area contributed by atoms with Crippen molar-refractivity contribution in [2.24, 2.45) is 0 Å². The molecule has 0 atom stereocenters. The number of rotatable bonds is 4. The molecule has 4 heteroatoms. The molecule has 104 valence electrons. The quantitative estimate of drug-likeness (QED) is 0.908. The lowest BCUT2D eigenvalue weighted by Gasteiger charge is -2.40. The molecule has 1 aliphatic carbocycles. The summed E-state index contributed by atoms with van der Waals surface area (Å²) in [6.45, 7) is 3.82. The van der Waals surface area contributed by atoms with Crippen LogP contribution < -0.4 is 9.47 Å². The van der Waals surface area contributed by atoms with Crippen molar-refractivity contribution >= 4 is 5.97 Å². The van der Waals surface area contributed by atoms with E-state index in [1.807, 2.05) is 19.9 Å². The summed E-state index contributed by atoms with van der Waals surface area (Å²) in [5.41, 5.74) is 1.80. The van der Waals surface area contributed by atoms with Crippen molar-refractivity contribution in [2.45, 2.75) is 38.5 Å². The molecule has 0 aromatic heterocycles. The van der Waals surface area contributed by atoms with E-state index in [0.717, 1.165) is 28.9 Å². The number of carboxylic acid groups (broad SMARTS) is 1. The maximum absolute atomic E-state index is 11.7. The fourth-order valence-electron chi connectivity index (χ4n) is 3.02. The Morgan fingerprint density at radius 1 is 1.26 bits per heavy atom. The van der Waals surface area contributed by atoms with Crippen molar-refractivity contribution in [1.29, 1.82) is 0 Å². The van der Waals surface area contributed by atoms with Gasteiger partial charge in [0.1, 0.15) is 11.5 Å². The second-order valence-electron chi connectivity index (χ2n) is 5.17. The van der Waals surface area contributed by atoms with Gasteiger partial charge in [0.2, 0.25) is 0 Å². The van der Waals surface area contributed by atoms with Gasteiger partial charge in [-0.15, -0.1) is 0 Å². The average molecular weight is 264 g/mol. The first-order chi connectivity index (χ1) is 8.97. The van der Waals surface area contributed by atoms with Crippen molar-refractivity contribution in [3.63, 3.8) is 0 Å². The monoisotopic (exact) mass is 264 g/mol. The standard InChI is InChI=1S/C15H20O4/c1-9-8-11(18-3)10(2)13(19-4)12(9)15(14(16)17)6-5-7-15/h8H,5-7H2,1-4H3,(H,16,17). The van der Waals surface area contributed by atoms with Crippen LogP contribution in [0.5, 0.6) is 11.5 Å². The molecule has 0 aliphatic heterocycles. The zero-order chi connectivity index (χ0) is 14.2. The maximum atomic E-state index is 11.7. The van der Waals surface area contributed by atoms with Crippen LogP contribution in [0.25, 0.3) is 0 Å². The molecule has 1 fully saturated rings. The van der Waals surface area contributed by atoms with Crippen molar-refractivity contribution in [1.82, 2.24) is 0 Å². The number of carboxylic acids is 1. The minimum absolute atomic E-state index is 0.652. The van der Waals surface area contributed by atoms with Gasteiger partial charge >= 0.3 is 5.97 Å². The highest BCUT2D eigenvalue weighted by molar-refractivity contribution is 5.85.